The molecule has 6 heteroatoms. The Morgan fingerprint density at radius 3 is 2.60 bits per heavy atom. The summed E-state index contributed by atoms with van der Waals surface area (Å²) in [4.78, 5) is 4.19. The van der Waals surface area contributed by atoms with Gasteiger partial charge in [0.05, 0.1) is 5.69 Å². The van der Waals surface area contributed by atoms with Gasteiger partial charge < -0.3 is 5.73 Å². The number of nitrogens with one attached hydrogen (secondary N) is 1. The molecule has 0 aliphatic rings. The minimum atomic E-state index is -3.49. The first-order chi connectivity index (χ1) is 9.61. The van der Waals surface area contributed by atoms with E-state index >= 15 is 0 Å². The van der Waals surface area contributed by atoms with Gasteiger partial charge in [0.25, 0.3) is 0 Å². The average Bonchev–Trinajstić information content (AvgIpc) is 2.46. The van der Waals surface area contributed by atoms with Gasteiger partial charge in [-0.05, 0) is 18.6 Å². The van der Waals surface area contributed by atoms with Crippen LogP contribution in [0.3, 0.4) is 0 Å². The van der Waals surface area contributed by atoms with E-state index in [0.29, 0.717) is 12.2 Å². The molecule has 0 fully saturated rings. The zero-order valence-corrected chi connectivity index (χ0v) is 13.0. The standard InChI is InChI=1S/C14H25N3O2S/c1-2-3-4-5-6-7-11-17-20(18,19)14-9-8-10-16-13(14)12-15/h8-10,17H,2-7,11-12,15H2,1H3. The van der Waals surface area contributed by atoms with Crippen molar-refractivity contribution in [2.75, 3.05) is 6.54 Å². The molecule has 0 radical (unpaired) electrons. The molecule has 0 unspecified atom stereocenters. The second kappa shape index (κ2) is 9.05. The van der Waals surface area contributed by atoms with Gasteiger partial charge in [0, 0.05) is 19.3 Å². The maximum atomic E-state index is 12.1. The first-order valence-electron chi connectivity index (χ1n) is 7.25. The van der Waals surface area contributed by atoms with Crippen molar-refractivity contribution in [3.8, 4) is 0 Å². The van der Waals surface area contributed by atoms with Gasteiger partial charge >= 0.3 is 0 Å². The van der Waals surface area contributed by atoms with Crippen LogP contribution in [0.5, 0.6) is 0 Å². The molecule has 0 amide bonds. The number of sulfonamides is 1. The number of nitrogens with zero attached hydrogens (tertiary/aromatic N) is 1. The van der Waals surface area contributed by atoms with E-state index < -0.39 is 10.0 Å². The quantitative estimate of drug-likeness (QED) is 0.648. The van der Waals surface area contributed by atoms with Gasteiger partial charge in [-0.25, -0.2) is 13.1 Å². The van der Waals surface area contributed by atoms with Crippen molar-refractivity contribution in [1.82, 2.24) is 9.71 Å². The molecule has 0 saturated heterocycles. The van der Waals surface area contributed by atoms with Crippen molar-refractivity contribution in [1.29, 1.82) is 0 Å². The molecule has 0 aromatic carbocycles. The smallest absolute Gasteiger partial charge is 0.242 e. The summed E-state index contributed by atoms with van der Waals surface area (Å²) in [6.07, 6.45) is 8.33. The largest absolute Gasteiger partial charge is 0.325 e. The monoisotopic (exact) mass is 299 g/mol. The molecule has 0 saturated carbocycles. The molecule has 0 bridgehead atoms. The summed E-state index contributed by atoms with van der Waals surface area (Å²) >= 11 is 0. The Balaban J connectivity index is 2.42. The third-order valence-corrected chi connectivity index (χ3v) is 4.69. The molecule has 20 heavy (non-hydrogen) atoms. The highest BCUT2D eigenvalue weighted by atomic mass is 32.2. The van der Waals surface area contributed by atoms with E-state index in [4.69, 9.17) is 5.73 Å². The highest BCUT2D eigenvalue weighted by Gasteiger charge is 2.17. The van der Waals surface area contributed by atoms with Crippen LogP contribution in [-0.4, -0.2) is 19.9 Å². The van der Waals surface area contributed by atoms with Gasteiger partial charge in [-0.1, -0.05) is 39.0 Å². The highest BCUT2D eigenvalue weighted by Crippen LogP contribution is 2.12. The third kappa shape index (κ3) is 5.56. The Labute approximate surface area is 122 Å². The zero-order chi connectivity index (χ0) is 14.8. The van der Waals surface area contributed by atoms with E-state index in [2.05, 4.69) is 16.6 Å². The number of nitrogens with two attached hydrogens (primary N) is 1. The lowest BCUT2D eigenvalue weighted by Gasteiger charge is -2.09. The topological polar surface area (TPSA) is 85.1 Å². The number of unbranched alkanes of at least 4 members (excludes halogenated alkanes) is 5. The maximum Gasteiger partial charge on any atom is 0.242 e. The Bertz CT molecular complexity index is 489. The fourth-order valence-electron chi connectivity index (χ4n) is 2.01. The maximum absolute atomic E-state index is 12.1. The molecule has 0 aliphatic heterocycles. The van der Waals surface area contributed by atoms with Gasteiger partial charge in [0.2, 0.25) is 10.0 Å². The van der Waals surface area contributed by atoms with Crippen LogP contribution in [0.15, 0.2) is 23.2 Å². The van der Waals surface area contributed by atoms with Crippen molar-refractivity contribution in [2.24, 2.45) is 5.73 Å². The Morgan fingerprint density at radius 1 is 1.20 bits per heavy atom. The number of pyridine rings is 1. The van der Waals surface area contributed by atoms with Gasteiger partial charge in [-0.15, -0.1) is 0 Å². The molecule has 1 aromatic rings. The first-order valence-corrected chi connectivity index (χ1v) is 8.73. The molecule has 0 spiro atoms. The summed E-state index contributed by atoms with van der Waals surface area (Å²) in [5.41, 5.74) is 5.92. The second-order valence-electron chi connectivity index (χ2n) is 4.82. The fourth-order valence-corrected chi connectivity index (χ4v) is 3.28. The van der Waals surface area contributed by atoms with Crippen LogP contribution >= 0.6 is 0 Å². The molecule has 1 heterocycles. The molecular formula is C14H25N3O2S. The highest BCUT2D eigenvalue weighted by molar-refractivity contribution is 7.89. The number of aromatic nitrogens is 1. The van der Waals surface area contributed by atoms with Crippen LogP contribution in [0.1, 0.15) is 51.1 Å². The van der Waals surface area contributed by atoms with Crippen LogP contribution in [-0.2, 0) is 16.6 Å². The normalized spacial score (nSPS) is 11.7. The van der Waals surface area contributed by atoms with E-state index in [9.17, 15) is 8.42 Å². The van der Waals surface area contributed by atoms with Crippen molar-refractivity contribution < 1.29 is 8.42 Å². The molecule has 5 nitrogen and oxygen atoms in total. The first kappa shape index (κ1) is 17.1. The lowest BCUT2D eigenvalue weighted by Crippen LogP contribution is -2.26. The summed E-state index contributed by atoms with van der Waals surface area (Å²) in [6.45, 7) is 2.76. The predicted molar refractivity (Wildman–Crippen MR) is 80.7 cm³/mol. The molecule has 0 atom stereocenters. The molecule has 1 rings (SSSR count). The van der Waals surface area contributed by atoms with Crippen molar-refractivity contribution in [3.63, 3.8) is 0 Å². The second-order valence-corrected chi connectivity index (χ2v) is 6.55. The molecule has 114 valence electrons. The third-order valence-electron chi connectivity index (χ3n) is 3.15. The Kier molecular flexibility index (Phi) is 7.72. The van der Waals surface area contributed by atoms with Crippen LogP contribution in [0.2, 0.25) is 0 Å². The minimum absolute atomic E-state index is 0.119. The lowest BCUT2D eigenvalue weighted by atomic mass is 10.1. The SMILES string of the molecule is CCCCCCCCNS(=O)(=O)c1cccnc1CN. The van der Waals surface area contributed by atoms with E-state index in [1.54, 1.807) is 18.3 Å². The fraction of sp³-hybridized carbons (Fsp3) is 0.643. The van der Waals surface area contributed by atoms with Crippen LogP contribution in [0.4, 0.5) is 0 Å². The number of hydrogen-bond acceptors (Lipinski definition) is 4. The predicted octanol–water partition coefficient (Wildman–Crippen LogP) is 2.18. The molecule has 3 N–H and O–H groups in total. The van der Waals surface area contributed by atoms with E-state index in [1.807, 2.05) is 0 Å². The average molecular weight is 299 g/mol. The van der Waals surface area contributed by atoms with E-state index in [0.717, 1.165) is 19.3 Å². The van der Waals surface area contributed by atoms with E-state index in [-0.39, 0.29) is 11.4 Å². The van der Waals surface area contributed by atoms with Gasteiger partial charge in [-0.3, -0.25) is 4.98 Å². The zero-order valence-electron chi connectivity index (χ0n) is 12.1. The summed E-state index contributed by atoms with van der Waals surface area (Å²) in [6, 6.07) is 3.15. The van der Waals surface area contributed by atoms with Crippen LogP contribution in [0.25, 0.3) is 0 Å². The summed E-state index contributed by atoms with van der Waals surface area (Å²) in [5.74, 6) is 0. The van der Waals surface area contributed by atoms with E-state index in [1.165, 1.54) is 19.3 Å². The lowest BCUT2D eigenvalue weighted by molar-refractivity contribution is 0.566. The molecule has 0 aliphatic carbocycles. The number of hydrogen-bond donors (Lipinski definition) is 2. The number of rotatable bonds is 10. The van der Waals surface area contributed by atoms with Crippen LogP contribution < -0.4 is 10.5 Å². The van der Waals surface area contributed by atoms with Gasteiger partial charge in [-0.2, -0.15) is 0 Å². The van der Waals surface area contributed by atoms with Gasteiger partial charge in [0.1, 0.15) is 4.90 Å². The Hall–Kier alpha value is -0.980. The summed E-state index contributed by atoms with van der Waals surface area (Å²) in [5, 5.41) is 0. The Morgan fingerprint density at radius 2 is 1.90 bits per heavy atom. The minimum Gasteiger partial charge on any atom is -0.325 e. The van der Waals surface area contributed by atoms with Crippen molar-refractivity contribution in [3.05, 3.63) is 24.0 Å². The molecule has 1 aromatic heterocycles. The van der Waals surface area contributed by atoms with Crippen LogP contribution in [0, 0.1) is 0 Å². The summed E-state index contributed by atoms with van der Waals surface area (Å²) < 4.78 is 26.9. The van der Waals surface area contributed by atoms with Gasteiger partial charge in [0.15, 0.2) is 0 Å². The van der Waals surface area contributed by atoms with Crippen molar-refractivity contribution in [2.45, 2.75) is 56.9 Å². The summed E-state index contributed by atoms with van der Waals surface area (Å²) in [7, 11) is -3.49. The van der Waals surface area contributed by atoms with Crippen molar-refractivity contribution >= 4 is 10.0 Å². The molecular weight excluding hydrogens is 274 g/mol.